The lowest BCUT2D eigenvalue weighted by Gasteiger charge is -2.13. The van der Waals surface area contributed by atoms with Gasteiger partial charge in [-0.15, -0.1) is 0 Å². The fourth-order valence-corrected chi connectivity index (χ4v) is 1.74. The van der Waals surface area contributed by atoms with E-state index >= 15 is 0 Å². The molecular weight excluding hydrogens is 226 g/mol. The monoisotopic (exact) mass is 239 g/mol. The van der Waals surface area contributed by atoms with Crippen LogP contribution in [-0.4, -0.2) is 23.7 Å². The second-order valence-electron chi connectivity index (χ2n) is 4.12. The Morgan fingerprint density at radius 3 is 2.56 bits per heavy atom. The van der Waals surface area contributed by atoms with Crippen LogP contribution in [0.2, 0.25) is 5.02 Å². The minimum atomic E-state index is -0.796. The highest BCUT2D eigenvalue weighted by atomic mass is 35.5. The maximum Gasteiger partial charge on any atom is 0.312 e. The Labute approximate surface area is 99.4 Å². The van der Waals surface area contributed by atoms with E-state index in [4.69, 9.17) is 16.7 Å². The highest BCUT2D eigenvalue weighted by molar-refractivity contribution is 6.30. The van der Waals surface area contributed by atoms with Gasteiger partial charge < -0.3 is 10.4 Å². The Kier molecular flexibility index (Phi) is 3.46. The van der Waals surface area contributed by atoms with Gasteiger partial charge in [0.2, 0.25) is 0 Å². The highest BCUT2D eigenvalue weighted by Gasteiger charge is 2.25. The van der Waals surface area contributed by atoms with Crippen LogP contribution in [0.3, 0.4) is 0 Å². The molecule has 1 fully saturated rings. The average Bonchev–Trinajstić information content (AvgIpc) is 3.04. The number of nitrogens with one attached hydrogen (secondary N) is 1. The Balaban J connectivity index is 2.04. The van der Waals surface area contributed by atoms with Crippen molar-refractivity contribution < 1.29 is 9.90 Å². The van der Waals surface area contributed by atoms with Crippen LogP contribution in [0.25, 0.3) is 0 Å². The van der Waals surface area contributed by atoms with Gasteiger partial charge in [0.1, 0.15) is 0 Å². The molecule has 0 bridgehead atoms. The zero-order chi connectivity index (χ0) is 11.5. The molecule has 86 valence electrons. The lowest BCUT2D eigenvalue weighted by molar-refractivity contribution is -0.138. The molecule has 1 aliphatic carbocycles. The number of halogens is 1. The summed E-state index contributed by atoms with van der Waals surface area (Å²) in [6.07, 6.45) is 2.32. The molecule has 0 amide bonds. The van der Waals surface area contributed by atoms with E-state index in [2.05, 4.69) is 5.32 Å². The summed E-state index contributed by atoms with van der Waals surface area (Å²) < 4.78 is 0. The van der Waals surface area contributed by atoms with E-state index in [1.807, 2.05) is 0 Å². The largest absolute Gasteiger partial charge is 0.481 e. The molecule has 2 N–H and O–H groups in total. The van der Waals surface area contributed by atoms with Crippen molar-refractivity contribution in [3.63, 3.8) is 0 Å². The van der Waals surface area contributed by atoms with E-state index in [0.29, 0.717) is 17.6 Å². The van der Waals surface area contributed by atoms with Crippen molar-refractivity contribution in [2.24, 2.45) is 0 Å². The zero-order valence-electron chi connectivity index (χ0n) is 8.82. The van der Waals surface area contributed by atoms with Crippen LogP contribution in [0, 0.1) is 0 Å². The van der Waals surface area contributed by atoms with Crippen molar-refractivity contribution in [2.45, 2.75) is 24.8 Å². The number of carboxylic acids is 1. The smallest absolute Gasteiger partial charge is 0.312 e. The topological polar surface area (TPSA) is 49.3 Å². The quantitative estimate of drug-likeness (QED) is 0.829. The van der Waals surface area contributed by atoms with Gasteiger partial charge >= 0.3 is 5.97 Å². The summed E-state index contributed by atoms with van der Waals surface area (Å²) in [5.41, 5.74) is 0.796. The minimum absolute atomic E-state index is 0.488. The van der Waals surface area contributed by atoms with Gasteiger partial charge in [-0.3, -0.25) is 4.79 Å². The van der Waals surface area contributed by atoms with Crippen molar-refractivity contribution in [3.8, 4) is 0 Å². The van der Waals surface area contributed by atoms with Crippen LogP contribution in [0.4, 0.5) is 0 Å². The fourth-order valence-electron chi connectivity index (χ4n) is 1.61. The number of hydrogen-bond acceptors (Lipinski definition) is 2. The normalized spacial score (nSPS) is 17.1. The third-order valence-corrected chi connectivity index (χ3v) is 3.01. The number of benzene rings is 1. The van der Waals surface area contributed by atoms with Crippen LogP contribution in [0.1, 0.15) is 24.3 Å². The van der Waals surface area contributed by atoms with Crippen molar-refractivity contribution in [2.75, 3.05) is 6.54 Å². The second-order valence-corrected chi connectivity index (χ2v) is 4.56. The average molecular weight is 240 g/mol. The predicted octanol–water partition coefficient (Wildman–Crippen LogP) is 2.26. The van der Waals surface area contributed by atoms with Crippen molar-refractivity contribution >= 4 is 17.6 Å². The van der Waals surface area contributed by atoms with Gasteiger partial charge in [0.15, 0.2) is 0 Å². The molecule has 4 heteroatoms. The van der Waals surface area contributed by atoms with Gasteiger partial charge in [0, 0.05) is 17.6 Å². The predicted molar refractivity (Wildman–Crippen MR) is 62.9 cm³/mol. The fraction of sp³-hybridized carbons (Fsp3) is 0.417. The molecule has 0 heterocycles. The molecule has 0 aliphatic heterocycles. The summed E-state index contributed by atoms with van der Waals surface area (Å²) in [4.78, 5) is 11.1. The summed E-state index contributed by atoms with van der Waals surface area (Å²) >= 11 is 5.77. The molecule has 1 aromatic rings. The van der Waals surface area contributed by atoms with E-state index in [1.54, 1.807) is 24.3 Å². The maximum atomic E-state index is 11.1. The molecule has 3 nitrogen and oxygen atoms in total. The van der Waals surface area contributed by atoms with E-state index < -0.39 is 11.9 Å². The summed E-state index contributed by atoms with van der Waals surface area (Å²) in [5, 5.41) is 13.0. The van der Waals surface area contributed by atoms with E-state index in [-0.39, 0.29) is 0 Å². The lowest BCUT2D eigenvalue weighted by atomic mass is 9.99. The Hall–Kier alpha value is -1.06. The minimum Gasteiger partial charge on any atom is -0.481 e. The molecular formula is C12H14ClNO2. The lowest BCUT2D eigenvalue weighted by Crippen LogP contribution is -2.28. The third-order valence-electron chi connectivity index (χ3n) is 2.76. The van der Waals surface area contributed by atoms with Gasteiger partial charge in [-0.05, 0) is 30.5 Å². The molecule has 0 spiro atoms. The van der Waals surface area contributed by atoms with Gasteiger partial charge in [-0.25, -0.2) is 0 Å². The first-order chi connectivity index (χ1) is 7.66. The van der Waals surface area contributed by atoms with Crippen molar-refractivity contribution in [1.29, 1.82) is 0 Å². The van der Waals surface area contributed by atoms with Gasteiger partial charge in [-0.2, -0.15) is 0 Å². The first kappa shape index (κ1) is 11.4. The van der Waals surface area contributed by atoms with Gasteiger partial charge in [0.05, 0.1) is 5.92 Å². The van der Waals surface area contributed by atoms with E-state index in [0.717, 1.165) is 18.4 Å². The summed E-state index contributed by atoms with van der Waals surface area (Å²) in [5.74, 6) is -1.28. The molecule has 0 radical (unpaired) electrons. The molecule has 1 aromatic carbocycles. The summed E-state index contributed by atoms with van der Waals surface area (Å²) in [6.45, 7) is 0.488. The molecule has 0 saturated heterocycles. The second kappa shape index (κ2) is 4.85. The molecule has 2 rings (SSSR count). The number of carbonyl (C=O) groups is 1. The SMILES string of the molecule is O=C(O)C(CNC1CC1)c1ccc(Cl)cc1. The van der Waals surface area contributed by atoms with Crippen LogP contribution >= 0.6 is 11.6 Å². The van der Waals surface area contributed by atoms with E-state index in [1.165, 1.54) is 0 Å². The Bertz CT molecular complexity index is 373. The van der Waals surface area contributed by atoms with Gasteiger partial charge in [0.25, 0.3) is 0 Å². The van der Waals surface area contributed by atoms with Crippen LogP contribution in [0.15, 0.2) is 24.3 Å². The van der Waals surface area contributed by atoms with Crippen LogP contribution in [0.5, 0.6) is 0 Å². The molecule has 1 saturated carbocycles. The molecule has 1 aliphatic rings. The molecule has 1 unspecified atom stereocenters. The zero-order valence-corrected chi connectivity index (χ0v) is 9.57. The number of hydrogen-bond donors (Lipinski definition) is 2. The number of rotatable bonds is 5. The van der Waals surface area contributed by atoms with Crippen molar-refractivity contribution in [1.82, 2.24) is 5.32 Å². The van der Waals surface area contributed by atoms with Gasteiger partial charge in [-0.1, -0.05) is 23.7 Å². The first-order valence-corrected chi connectivity index (χ1v) is 5.76. The maximum absolute atomic E-state index is 11.1. The van der Waals surface area contributed by atoms with Crippen LogP contribution in [-0.2, 0) is 4.79 Å². The Morgan fingerprint density at radius 1 is 1.44 bits per heavy atom. The Morgan fingerprint density at radius 2 is 2.06 bits per heavy atom. The standard InChI is InChI=1S/C12H14ClNO2/c13-9-3-1-8(2-4-9)11(12(15)16)7-14-10-5-6-10/h1-4,10-11,14H,5-7H2,(H,15,16). The highest BCUT2D eigenvalue weighted by Crippen LogP contribution is 2.22. The molecule has 16 heavy (non-hydrogen) atoms. The first-order valence-electron chi connectivity index (χ1n) is 5.38. The molecule has 1 atom stereocenters. The van der Waals surface area contributed by atoms with Crippen molar-refractivity contribution in [3.05, 3.63) is 34.9 Å². The number of aliphatic carboxylic acids is 1. The van der Waals surface area contributed by atoms with E-state index in [9.17, 15) is 4.79 Å². The summed E-state index contributed by atoms with van der Waals surface area (Å²) in [7, 11) is 0. The number of carboxylic acid groups (broad SMARTS) is 1. The van der Waals surface area contributed by atoms with Crippen LogP contribution < -0.4 is 5.32 Å². The summed E-state index contributed by atoms with van der Waals surface area (Å²) in [6, 6.07) is 7.52. The molecule has 0 aromatic heterocycles. The third kappa shape index (κ3) is 2.97.